The summed E-state index contributed by atoms with van der Waals surface area (Å²) in [5.74, 6) is 2.86. The molecule has 5 rings (SSSR count). The predicted octanol–water partition coefficient (Wildman–Crippen LogP) is 2.57. The van der Waals surface area contributed by atoms with Crippen LogP contribution in [0.15, 0.2) is 24.5 Å². The van der Waals surface area contributed by atoms with Crippen LogP contribution in [0.25, 0.3) is 0 Å². The maximum atomic E-state index is 9.02. The highest BCUT2D eigenvalue weighted by Gasteiger charge is 2.44. The summed E-state index contributed by atoms with van der Waals surface area (Å²) in [6.07, 6.45) is 8.49. The first-order chi connectivity index (χ1) is 14.7. The number of nitriles is 1. The van der Waals surface area contributed by atoms with Gasteiger partial charge in [0.2, 0.25) is 0 Å². The minimum absolute atomic E-state index is 0.165. The van der Waals surface area contributed by atoms with E-state index in [1.54, 1.807) is 13.3 Å². The lowest BCUT2D eigenvalue weighted by Gasteiger charge is -2.37. The van der Waals surface area contributed by atoms with Crippen LogP contribution in [-0.4, -0.2) is 52.9 Å². The number of anilines is 1. The van der Waals surface area contributed by atoms with E-state index in [-0.39, 0.29) is 12.1 Å². The molecule has 2 aromatic rings. The molecule has 0 amide bonds. The normalized spacial score (nSPS) is 28.3. The van der Waals surface area contributed by atoms with Crippen LogP contribution in [-0.2, 0) is 16.1 Å². The lowest BCUT2D eigenvalue weighted by Crippen LogP contribution is -2.38. The van der Waals surface area contributed by atoms with Gasteiger partial charge >= 0.3 is 0 Å². The molecule has 2 aliphatic carbocycles. The highest BCUT2D eigenvalue weighted by Crippen LogP contribution is 2.44. The molecular formula is C22H28N6O2. The van der Waals surface area contributed by atoms with Crippen molar-refractivity contribution in [1.29, 1.82) is 5.26 Å². The SMILES string of the molecule is COCc1cn([C@@H]2C[C@@H]3CN(c4ccc(C#N)cn4)C[C@@H]3C[C@H]2OCC2CC2)nn1. The van der Waals surface area contributed by atoms with Crippen molar-refractivity contribution in [3.63, 3.8) is 0 Å². The Morgan fingerprint density at radius 3 is 2.73 bits per heavy atom. The molecule has 0 spiro atoms. The standard InChI is InChI=1S/C22H28N6O2/c1-29-14-19-12-28(26-25-19)20-6-17-10-27(22-5-4-16(8-23)9-24-22)11-18(17)7-21(20)30-13-15-2-3-15/h4-5,9,12,15,17-18,20-21H,2-3,6-7,10-11,13-14H2,1H3/t17-,18+,20-,21-/m1/s1. The molecule has 0 aromatic carbocycles. The van der Waals surface area contributed by atoms with Gasteiger partial charge in [-0.1, -0.05) is 5.21 Å². The number of hydrogen-bond acceptors (Lipinski definition) is 7. The molecule has 8 nitrogen and oxygen atoms in total. The summed E-state index contributed by atoms with van der Waals surface area (Å²) in [6, 6.07) is 6.16. The zero-order valence-corrected chi connectivity index (χ0v) is 17.4. The molecular weight excluding hydrogens is 380 g/mol. The molecule has 3 heterocycles. The van der Waals surface area contributed by atoms with Gasteiger partial charge in [-0.15, -0.1) is 5.10 Å². The van der Waals surface area contributed by atoms with Crippen molar-refractivity contribution in [3.8, 4) is 6.07 Å². The van der Waals surface area contributed by atoms with Crippen molar-refractivity contribution in [2.24, 2.45) is 17.8 Å². The van der Waals surface area contributed by atoms with Gasteiger partial charge in [0.05, 0.1) is 30.5 Å². The molecule has 158 valence electrons. The molecule has 2 saturated carbocycles. The van der Waals surface area contributed by atoms with E-state index < -0.39 is 0 Å². The van der Waals surface area contributed by atoms with Crippen LogP contribution in [0.4, 0.5) is 5.82 Å². The second-order valence-corrected chi connectivity index (χ2v) is 8.92. The van der Waals surface area contributed by atoms with Crippen LogP contribution >= 0.6 is 0 Å². The van der Waals surface area contributed by atoms with Crippen LogP contribution in [0.1, 0.15) is 43.0 Å². The summed E-state index contributed by atoms with van der Waals surface area (Å²) in [5, 5.41) is 17.7. The molecule has 0 radical (unpaired) electrons. The smallest absolute Gasteiger partial charge is 0.128 e. The Morgan fingerprint density at radius 2 is 2.03 bits per heavy atom. The van der Waals surface area contributed by atoms with Gasteiger partial charge in [-0.25, -0.2) is 9.67 Å². The molecule has 2 aromatic heterocycles. The quantitative estimate of drug-likeness (QED) is 0.695. The zero-order chi connectivity index (χ0) is 20.5. The molecule has 8 heteroatoms. The molecule has 3 aliphatic rings. The average Bonchev–Trinajstić information content (AvgIpc) is 3.33. The molecule has 0 bridgehead atoms. The lowest BCUT2D eigenvalue weighted by molar-refractivity contribution is -0.0375. The van der Waals surface area contributed by atoms with E-state index in [4.69, 9.17) is 14.7 Å². The van der Waals surface area contributed by atoms with Gasteiger partial charge in [-0.05, 0) is 55.6 Å². The third kappa shape index (κ3) is 4.05. The van der Waals surface area contributed by atoms with Crippen molar-refractivity contribution in [3.05, 3.63) is 35.8 Å². The van der Waals surface area contributed by atoms with Gasteiger partial charge in [-0.2, -0.15) is 5.26 Å². The predicted molar refractivity (Wildman–Crippen MR) is 110 cm³/mol. The Labute approximate surface area is 176 Å². The summed E-state index contributed by atoms with van der Waals surface area (Å²) in [6.45, 7) is 3.31. The summed E-state index contributed by atoms with van der Waals surface area (Å²) in [5.41, 5.74) is 1.46. The highest BCUT2D eigenvalue weighted by molar-refractivity contribution is 5.43. The van der Waals surface area contributed by atoms with E-state index in [0.717, 1.165) is 50.0 Å². The maximum Gasteiger partial charge on any atom is 0.128 e. The Morgan fingerprint density at radius 1 is 1.20 bits per heavy atom. The van der Waals surface area contributed by atoms with E-state index >= 15 is 0 Å². The topological polar surface area (TPSA) is 89.1 Å². The van der Waals surface area contributed by atoms with Crippen LogP contribution < -0.4 is 4.90 Å². The van der Waals surface area contributed by atoms with E-state index in [1.807, 2.05) is 23.0 Å². The first-order valence-corrected chi connectivity index (χ1v) is 10.9. The van der Waals surface area contributed by atoms with E-state index in [2.05, 4.69) is 26.3 Å². The summed E-state index contributed by atoms with van der Waals surface area (Å²) in [4.78, 5) is 6.86. The number of pyridine rings is 1. The van der Waals surface area contributed by atoms with Gasteiger partial charge in [0.25, 0.3) is 0 Å². The number of hydrogen-bond donors (Lipinski definition) is 0. The molecule has 1 aliphatic heterocycles. The van der Waals surface area contributed by atoms with E-state index in [9.17, 15) is 0 Å². The molecule has 1 saturated heterocycles. The second kappa shape index (κ2) is 8.32. The Kier molecular flexibility index (Phi) is 5.40. The van der Waals surface area contributed by atoms with E-state index in [0.29, 0.717) is 24.0 Å². The number of methoxy groups -OCH3 is 1. The van der Waals surface area contributed by atoms with Crippen molar-refractivity contribution in [2.75, 3.05) is 31.7 Å². The minimum Gasteiger partial charge on any atom is -0.378 e. The van der Waals surface area contributed by atoms with Crippen LogP contribution in [0.3, 0.4) is 0 Å². The summed E-state index contributed by atoms with van der Waals surface area (Å²) >= 11 is 0. The summed E-state index contributed by atoms with van der Waals surface area (Å²) in [7, 11) is 1.68. The lowest BCUT2D eigenvalue weighted by atomic mass is 9.77. The van der Waals surface area contributed by atoms with Crippen LogP contribution in [0, 0.1) is 29.1 Å². The van der Waals surface area contributed by atoms with Gasteiger partial charge in [0.15, 0.2) is 0 Å². The fourth-order valence-corrected chi connectivity index (χ4v) is 4.91. The van der Waals surface area contributed by atoms with Crippen LogP contribution in [0.5, 0.6) is 0 Å². The molecule has 0 unspecified atom stereocenters. The Bertz CT molecular complexity index is 903. The fourth-order valence-electron chi connectivity index (χ4n) is 4.91. The van der Waals surface area contributed by atoms with Crippen LogP contribution in [0.2, 0.25) is 0 Å². The number of fused-ring (bicyclic) bond motifs is 1. The molecule has 3 fully saturated rings. The third-order valence-electron chi connectivity index (χ3n) is 6.72. The van der Waals surface area contributed by atoms with Gasteiger partial charge in [0.1, 0.15) is 17.6 Å². The first-order valence-electron chi connectivity index (χ1n) is 10.9. The van der Waals surface area contributed by atoms with Gasteiger partial charge < -0.3 is 14.4 Å². The van der Waals surface area contributed by atoms with Gasteiger partial charge in [0, 0.05) is 33.0 Å². The number of rotatable bonds is 7. The number of nitrogens with zero attached hydrogens (tertiary/aromatic N) is 6. The largest absolute Gasteiger partial charge is 0.378 e. The Balaban J connectivity index is 1.32. The maximum absolute atomic E-state index is 9.02. The first kappa shape index (κ1) is 19.5. The van der Waals surface area contributed by atoms with Crippen molar-refractivity contribution in [1.82, 2.24) is 20.0 Å². The average molecular weight is 409 g/mol. The number of aromatic nitrogens is 4. The van der Waals surface area contributed by atoms with Crippen molar-refractivity contribution in [2.45, 2.75) is 44.4 Å². The highest BCUT2D eigenvalue weighted by atomic mass is 16.5. The fraction of sp³-hybridized carbons (Fsp3) is 0.636. The molecule has 30 heavy (non-hydrogen) atoms. The van der Waals surface area contributed by atoms with Crippen molar-refractivity contribution >= 4 is 5.82 Å². The molecule has 0 N–H and O–H groups in total. The monoisotopic (exact) mass is 408 g/mol. The van der Waals surface area contributed by atoms with Gasteiger partial charge in [-0.3, -0.25) is 0 Å². The van der Waals surface area contributed by atoms with E-state index in [1.165, 1.54) is 12.8 Å². The summed E-state index contributed by atoms with van der Waals surface area (Å²) < 4.78 is 13.6. The Hall–Kier alpha value is -2.50. The zero-order valence-electron chi connectivity index (χ0n) is 17.4. The third-order valence-corrected chi connectivity index (χ3v) is 6.72. The molecule has 4 atom stereocenters. The second-order valence-electron chi connectivity index (χ2n) is 8.92. The van der Waals surface area contributed by atoms with Crippen molar-refractivity contribution < 1.29 is 9.47 Å². The minimum atomic E-state index is 0.165. The number of ether oxygens (including phenoxy) is 2.